The predicted molar refractivity (Wildman–Crippen MR) is 230 cm³/mol. The molecule has 13 rings (SSSR count). The first kappa shape index (κ1) is 29.4. The van der Waals surface area contributed by atoms with Gasteiger partial charge in [0.15, 0.2) is 5.58 Å². The van der Waals surface area contributed by atoms with E-state index < -0.39 is 0 Å². The fourth-order valence-corrected chi connectivity index (χ4v) is 12.4. The highest BCUT2D eigenvalue weighted by atomic mass is 32.2. The van der Waals surface area contributed by atoms with Crippen molar-refractivity contribution in [1.29, 1.82) is 0 Å². The lowest BCUT2D eigenvalue weighted by molar-refractivity contribution is 0.671. The molecule has 2 aliphatic heterocycles. The molecule has 8 aromatic carbocycles. The van der Waals surface area contributed by atoms with Gasteiger partial charge < -0.3 is 13.6 Å². The molecule has 0 bridgehead atoms. The van der Waals surface area contributed by atoms with Gasteiger partial charge in [-0.3, -0.25) is 0 Å². The van der Waals surface area contributed by atoms with Crippen LogP contribution in [0.5, 0.6) is 0 Å². The fraction of sp³-hybridized carbons (Fsp3) is 0. The van der Waals surface area contributed by atoms with Crippen molar-refractivity contribution in [2.75, 3.05) is 0 Å². The van der Waals surface area contributed by atoms with Crippen LogP contribution in [0.15, 0.2) is 178 Å². The third kappa shape index (κ3) is 3.76. The van der Waals surface area contributed by atoms with Gasteiger partial charge in [-0.15, -0.1) is 0 Å². The van der Waals surface area contributed by atoms with Crippen LogP contribution in [-0.4, -0.2) is 14.4 Å². The number of hydrogen-bond donors (Lipinski definition) is 0. The number of fused-ring (bicyclic) bond motifs is 16. The van der Waals surface area contributed by atoms with E-state index >= 15 is 0 Å². The first-order valence-electron chi connectivity index (χ1n) is 18.4. The lowest BCUT2D eigenvalue weighted by Gasteiger charge is -2.32. The maximum absolute atomic E-state index is 7.06. The first-order chi connectivity index (χ1) is 26.8. The second-order valence-electron chi connectivity index (χ2n) is 14.3. The number of para-hydroxylation sites is 4. The molecule has 0 unspecified atom stereocenters. The molecule has 0 amide bonds. The summed E-state index contributed by atoms with van der Waals surface area (Å²) < 4.78 is 12.0. The van der Waals surface area contributed by atoms with Crippen molar-refractivity contribution in [3.05, 3.63) is 164 Å². The van der Waals surface area contributed by atoms with Crippen LogP contribution in [0.4, 0.5) is 0 Å². The van der Waals surface area contributed by atoms with Gasteiger partial charge in [0.1, 0.15) is 5.58 Å². The van der Waals surface area contributed by atoms with E-state index in [-0.39, 0.29) is 0 Å². The van der Waals surface area contributed by atoms with Gasteiger partial charge in [0.2, 0.25) is 0 Å². The molecule has 0 fully saturated rings. The van der Waals surface area contributed by atoms with Gasteiger partial charge in [-0.25, -0.2) is 0 Å². The number of benzene rings is 8. The number of rotatable bonds is 2. The minimum atomic E-state index is 0.292. The average Bonchev–Trinajstić information content (AvgIpc) is 3.89. The lowest BCUT2D eigenvalue weighted by Crippen LogP contribution is -2.33. The Hall–Kier alpha value is -6.08. The molecule has 5 heterocycles. The molecule has 54 heavy (non-hydrogen) atoms. The Morgan fingerprint density at radius 1 is 0.426 bits per heavy atom. The van der Waals surface area contributed by atoms with Gasteiger partial charge in [-0.2, -0.15) is 23.2 Å². The van der Waals surface area contributed by atoms with Crippen molar-refractivity contribution in [1.82, 2.24) is 9.13 Å². The van der Waals surface area contributed by atoms with E-state index in [1.165, 1.54) is 70.1 Å². The van der Waals surface area contributed by atoms with Crippen LogP contribution in [0.2, 0.25) is 0 Å². The van der Waals surface area contributed by atoms with Gasteiger partial charge in [-0.1, -0.05) is 109 Å². The topological polar surface area (TPSA) is 23.0 Å². The van der Waals surface area contributed by atoms with Crippen LogP contribution in [0.1, 0.15) is 0 Å². The molecule has 11 aromatic rings. The molecule has 250 valence electrons. The maximum atomic E-state index is 7.06. The lowest BCUT2D eigenvalue weighted by atomic mass is 9.77. The van der Waals surface area contributed by atoms with E-state index in [0.717, 1.165) is 44.3 Å². The largest absolute Gasteiger partial charge is 0.454 e. The zero-order valence-corrected chi connectivity index (χ0v) is 30.4. The van der Waals surface area contributed by atoms with E-state index in [1.807, 2.05) is 23.2 Å². The smallest absolute Gasteiger partial charge is 0.318 e. The Labute approximate surface area is 318 Å². The zero-order valence-electron chi connectivity index (χ0n) is 28.8. The molecule has 0 atom stereocenters. The highest BCUT2D eigenvalue weighted by Crippen LogP contribution is 2.52. The normalized spacial score (nSPS) is 13.4. The Morgan fingerprint density at radius 2 is 0.944 bits per heavy atom. The van der Waals surface area contributed by atoms with Gasteiger partial charge in [0, 0.05) is 48.1 Å². The summed E-state index contributed by atoms with van der Waals surface area (Å²) in [5.41, 5.74) is 15.4. The number of furan rings is 1. The van der Waals surface area contributed by atoms with Crippen LogP contribution >= 0.6 is 23.2 Å². The molecule has 3 aromatic heterocycles. The molecule has 0 saturated heterocycles. The Morgan fingerprint density at radius 3 is 1.61 bits per heavy atom. The second kappa shape index (κ2) is 10.8. The molecule has 2 aliphatic rings. The Bertz CT molecular complexity index is 3340. The number of aromatic nitrogens is 2. The average molecular weight is 723 g/mol. The Balaban J connectivity index is 1.28. The van der Waals surface area contributed by atoms with Crippen molar-refractivity contribution >= 4 is 99.5 Å². The molecule has 0 aliphatic carbocycles. The molecule has 0 saturated carbocycles. The third-order valence-corrected chi connectivity index (χ3v) is 14.2. The van der Waals surface area contributed by atoms with E-state index in [0.29, 0.717) is 5.27 Å². The van der Waals surface area contributed by atoms with E-state index in [9.17, 15) is 0 Å². The van der Waals surface area contributed by atoms with Crippen LogP contribution in [0.3, 0.4) is 0 Å². The van der Waals surface area contributed by atoms with E-state index in [2.05, 4.69) is 173 Å². The Kier molecular flexibility index (Phi) is 5.85. The second-order valence-corrected chi connectivity index (χ2v) is 16.9. The minimum absolute atomic E-state index is 0.292. The first-order valence-corrected chi connectivity index (χ1v) is 20.1. The third-order valence-electron chi connectivity index (χ3n) is 11.5. The predicted octanol–water partition coefficient (Wildman–Crippen LogP) is 13.0. The van der Waals surface area contributed by atoms with Crippen molar-refractivity contribution in [2.45, 2.75) is 9.79 Å². The summed E-state index contributed by atoms with van der Waals surface area (Å²) in [6.45, 7) is 0. The summed E-state index contributed by atoms with van der Waals surface area (Å²) in [5.74, 6) is 0. The molecule has 0 radical (unpaired) electrons. The minimum Gasteiger partial charge on any atom is -0.454 e. The SMILES string of the molecule is c1ccc(-n2c3ccccc3c3c4c5ccccc5n(-c5cc6c7c(c5)-c5ccccc5SB7Sc5ccccc5-6)c4c4c5ccccc5oc4c32)cc1. The van der Waals surface area contributed by atoms with E-state index in [4.69, 9.17) is 4.42 Å². The molecule has 0 N–H and O–H groups in total. The molecule has 0 spiro atoms. The summed E-state index contributed by atoms with van der Waals surface area (Å²) in [7, 11) is 0. The molecule has 6 heteroatoms. The number of nitrogens with zero attached hydrogens (tertiary/aromatic N) is 2. The summed E-state index contributed by atoms with van der Waals surface area (Å²) >= 11 is 3.97. The van der Waals surface area contributed by atoms with Gasteiger partial charge in [-0.05, 0) is 82.3 Å². The van der Waals surface area contributed by atoms with Crippen molar-refractivity contribution in [3.8, 4) is 33.6 Å². The highest BCUT2D eigenvalue weighted by molar-refractivity contribution is 8.56. The molecular weight excluding hydrogens is 695 g/mol. The van der Waals surface area contributed by atoms with Crippen LogP contribution in [0, 0.1) is 0 Å². The van der Waals surface area contributed by atoms with Crippen LogP contribution in [-0.2, 0) is 0 Å². The fourth-order valence-electron chi connectivity index (χ4n) is 9.42. The van der Waals surface area contributed by atoms with Gasteiger partial charge in [0.05, 0.1) is 27.5 Å². The summed E-state index contributed by atoms with van der Waals surface area (Å²) in [6, 6.07) is 60.0. The van der Waals surface area contributed by atoms with Crippen LogP contribution in [0.25, 0.3) is 99.2 Å². The van der Waals surface area contributed by atoms with Crippen LogP contribution < -0.4 is 5.46 Å². The quantitative estimate of drug-likeness (QED) is 0.166. The van der Waals surface area contributed by atoms with Gasteiger partial charge >= 0.3 is 5.27 Å². The van der Waals surface area contributed by atoms with Crippen molar-refractivity contribution < 1.29 is 4.42 Å². The zero-order chi connectivity index (χ0) is 35.1. The summed E-state index contributed by atoms with van der Waals surface area (Å²) in [5, 5.41) is 7.47. The maximum Gasteiger partial charge on any atom is 0.318 e. The summed E-state index contributed by atoms with van der Waals surface area (Å²) in [4.78, 5) is 2.68. The van der Waals surface area contributed by atoms with E-state index in [1.54, 1.807) is 0 Å². The highest BCUT2D eigenvalue weighted by Gasteiger charge is 2.37. The van der Waals surface area contributed by atoms with Crippen molar-refractivity contribution in [3.63, 3.8) is 0 Å². The standard InChI is InChI=1S/C48H27BN2OS2/c1-2-14-28(15-3-1)50-37-21-9-5-19-33(37)43-42-32-18-4-10-22-38(32)51(46(42)44-34-20-6-11-23-39(34)52-48(44)47(43)50)29-26-35-30-16-7-12-24-40(30)53-49-45(35)36(27-29)31-17-8-13-25-41(31)54-49/h1-27H. The summed E-state index contributed by atoms with van der Waals surface area (Å²) in [6.07, 6.45) is 0. The molecule has 3 nitrogen and oxygen atoms in total. The number of hydrogen-bond acceptors (Lipinski definition) is 3. The molecular formula is C48H27BN2OS2. The van der Waals surface area contributed by atoms with Crippen molar-refractivity contribution in [2.24, 2.45) is 0 Å². The van der Waals surface area contributed by atoms with Gasteiger partial charge in [0.25, 0.3) is 0 Å². The monoisotopic (exact) mass is 722 g/mol.